The molecule has 2 atom stereocenters. The normalized spacial score (nSPS) is 18.9. The Morgan fingerprint density at radius 2 is 1.72 bits per heavy atom. The monoisotopic (exact) mass is 660 g/mol. The molecule has 248 valence electrons. The molecule has 2 aliphatic rings. The van der Waals surface area contributed by atoms with Crippen molar-refractivity contribution in [1.82, 2.24) is 19.9 Å². The van der Waals surface area contributed by atoms with Crippen LogP contribution in [0.2, 0.25) is 0 Å². The van der Waals surface area contributed by atoms with Gasteiger partial charge in [-0.1, -0.05) is 75.1 Å². The van der Waals surface area contributed by atoms with Crippen molar-refractivity contribution >= 4 is 33.7 Å². The van der Waals surface area contributed by atoms with E-state index in [4.69, 9.17) is 0 Å². The van der Waals surface area contributed by atoms with Crippen molar-refractivity contribution in [2.45, 2.75) is 75.3 Å². The number of pyridine rings is 1. The van der Waals surface area contributed by atoms with Crippen molar-refractivity contribution in [3.05, 3.63) is 84.2 Å². The van der Waals surface area contributed by atoms with Crippen LogP contribution in [0.5, 0.6) is 0 Å². The summed E-state index contributed by atoms with van der Waals surface area (Å²) >= 11 is 0. The number of carboxylic acids is 1. The summed E-state index contributed by atoms with van der Waals surface area (Å²) in [7, 11) is -4.11. The Bertz CT molecular complexity index is 1720. The Balaban J connectivity index is 1.25. The van der Waals surface area contributed by atoms with E-state index in [2.05, 4.69) is 15.0 Å². The number of nitrogens with one attached hydrogen (secondary N) is 2. The first-order valence-corrected chi connectivity index (χ1v) is 17.5. The van der Waals surface area contributed by atoms with Gasteiger partial charge in [-0.05, 0) is 54.5 Å². The molecule has 0 bridgehead atoms. The Labute approximate surface area is 274 Å². The number of sulfonamides is 1. The molecule has 3 amide bonds. The van der Waals surface area contributed by atoms with Gasteiger partial charge in [-0.2, -0.15) is 0 Å². The zero-order valence-corrected chi connectivity index (χ0v) is 27.2. The number of aliphatic carboxylic acids is 1. The van der Waals surface area contributed by atoms with Crippen molar-refractivity contribution in [1.29, 1.82) is 0 Å². The second kappa shape index (κ2) is 14.5. The fourth-order valence-electron chi connectivity index (χ4n) is 6.57. The lowest BCUT2D eigenvalue weighted by Crippen LogP contribution is -2.64. The van der Waals surface area contributed by atoms with Crippen molar-refractivity contribution in [2.75, 3.05) is 6.54 Å². The molecule has 1 aliphatic heterocycles. The quantitative estimate of drug-likeness (QED) is 0.255. The van der Waals surface area contributed by atoms with Gasteiger partial charge in [0.25, 0.3) is 15.9 Å². The molecular weight excluding hydrogens is 620 g/mol. The van der Waals surface area contributed by atoms with E-state index in [1.54, 1.807) is 61.5 Å². The zero-order chi connectivity index (χ0) is 33.6. The maximum absolute atomic E-state index is 13.3. The highest BCUT2D eigenvalue weighted by atomic mass is 32.2. The summed E-state index contributed by atoms with van der Waals surface area (Å²) in [4.78, 5) is 56.7. The Kier molecular flexibility index (Phi) is 10.4. The number of carbonyl (C=O) groups is 4. The predicted molar refractivity (Wildman–Crippen MR) is 174 cm³/mol. The standard InChI is InChI=1S/C35H40N4O7S/c1-24(32(41)37-35(34(43)44)19-7-21-39(35)33(42)28-10-6-20-36-23-28)22-26-13-16-27(17-14-26)29-11-4-5-12-30(29)47(45,46)38-31(40)18-15-25-8-2-3-9-25/h4-6,10-14,16-17,20,23-25H,2-3,7-9,15,18-19,21-22H2,1H3,(H,37,41)(H,38,40)(H,43,44). The number of aromatic nitrogens is 1. The van der Waals surface area contributed by atoms with Crippen molar-refractivity contribution in [3.63, 3.8) is 0 Å². The lowest BCUT2D eigenvalue weighted by molar-refractivity contribution is -0.154. The van der Waals surface area contributed by atoms with Crippen LogP contribution in [0.3, 0.4) is 0 Å². The second-order valence-corrected chi connectivity index (χ2v) is 14.1. The van der Waals surface area contributed by atoms with Gasteiger partial charge in [-0.15, -0.1) is 0 Å². The minimum absolute atomic E-state index is 0.00405. The summed E-state index contributed by atoms with van der Waals surface area (Å²) in [6.45, 7) is 1.86. The number of nitrogens with zero attached hydrogens (tertiary/aromatic N) is 2. The highest BCUT2D eigenvalue weighted by Crippen LogP contribution is 2.32. The van der Waals surface area contributed by atoms with Gasteiger partial charge in [0, 0.05) is 43.3 Å². The molecule has 5 rings (SSSR count). The molecule has 2 fully saturated rings. The van der Waals surface area contributed by atoms with Gasteiger partial charge in [0.2, 0.25) is 17.5 Å². The number of carbonyl (C=O) groups excluding carboxylic acids is 3. The summed E-state index contributed by atoms with van der Waals surface area (Å²) in [6, 6.07) is 16.7. The first-order chi connectivity index (χ1) is 22.5. The lowest BCUT2D eigenvalue weighted by Gasteiger charge is -2.36. The molecule has 2 heterocycles. The zero-order valence-electron chi connectivity index (χ0n) is 26.4. The molecule has 2 aromatic carbocycles. The van der Waals surface area contributed by atoms with E-state index in [0.717, 1.165) is 31.2 Å². The van der Waals surface area contributed by atoms with Crippen LogP contribution in [0.15, 0.2) is 78.0 Å². The second-order valence-electron chi connectivity index (χ2n) is 12.5. The topological polar surface area (TPSA) is 163 Å². The molecule has 3 aromatic rings. The fraction of sp³-hybridized carbons (Fsp3) is 0.400. The minimum Gasteiger partial charge on any atom is -0.478 e. The van der Waals surface area contributed by atoms with E-state index >= 15 is 0 Å². The molecule has 1 aromatic heterocycles. The van der Waals surface area contributed by atoms with E-state index in [1.807, 2.05) is 0 Å². The van der Waals surface area contributed by atoms with Gasteiger partial charge in [0.1, 0.15) is 0 Å². The first kappa shape index (κ1) is 33.8. The maximum Gasteiger partial charge on any atom is 0.350 e. The SMILES string of the molecule is CC(Cc1ccc(-c2ccccc2S(=O)(=O)NC(=O)CCC2CCCC2)cc1)C(=O)NC1(C(=O)O)CCCN1C(=O)c1cccnc1. The van der Waals surface area contributed by atoms with E-state index in [1.165, 1.54) is 23.4 Å². The van der Waals surface area contributed by atoms with Crippen LogP contribution in [-0.4, -0.2) is 59.3 Å². The average molecular weight is 661 g/mol. The van der Waals surface area contributed by atoms with E-state index in [9.17, 15) is 32.7 Å². The third-order valence-electron chi connectivity index (χ3n) is 9.15. The molecular formula is C35H40N4O7S. The average Bonchev–Trinajstić information content (AvgIpc) is 3.75. The van der Waals surface area contributed by atoms with Crippen LogP contribution >= 0.6 is 0 Å². The summed E-state index contributed by atoms with van der Waals surface area (Å²) in [6.07, 6.45) is 8.96. The summed E-state index contributed by atoms with van der Waals surface area (Å²) in [5.41, 5.74) is 0.188. The van der Waals surface area contributed by atoms with Gasteiger partial charge >= 0.3 is 5.97 Å². The first-order valence-electron chi connectivity index (χ1n) is 16.0. The van der Waals surface area contributed by atoms with Crippen molar-refractivity contribution < 1.29 is 32.7 Å². The molecule has 1 saturated carbocycles. The maximum atomic E-state index is 13.3. The summed E-state index contributed by atoms with van der Waals surface area (Å²) < 4.78 is 28.7. The highest BCUT2D eigenvalue weighted by Gasteiger charge is 2.52. The Morgan fingerprint density at radius 3 is 2.40 bits per heavy atom. The molecule has 0 radical (unpaired) electrons. The van der Waals surface area contributed by atoms with Gasteiger partial charge in [0.05, 0.1) is 10.5 Å². The number of likely N-dealkylation sites (tertiary alicyclic amines) is 1. The largest absolute Gasteiger partial charge is 0.478 e. The summed E-state index contributed by atoms with van der Waals surface area (Å²) in [5.74, 6) is -3.02. The predicted octanol–water partition coefficient (Wildman–Crippen LogP) is 4.54. The molecule has 2 unspecified atom stereocenters. The highest BCUT2D eigenvalue weighted by molar-refractivity contribution is 7.90. The minimum atomic E-state index is -4.11. The molecule has 1 saturated heterocycles. The Morgan fingerprint density at radius 1 is 1.00 bits per heavy atom. The number of carboxylic acid groups (broad SMARTS) is 1. The van der Waals surface area contributed by atoms with Crippen LogP contribution < -0.4 is 10.0 Å². The molecule has 3 N–H and O–H groups in total. The van der Waals surface area contributed by atoms with E-state index < -0.39 is 45.3 Å². The summed E-state index contributed by atoms with van der Waals surface area (Å²) in [5, 5.41) is 12.9. The number of amides is 3. The van der Waals surface area contributed by atoms with E-state index in [0.29, 0.717) is 29.9 Å². The number of rotatable bonds is 12. The van der Waals surface area contributed by atoms with Crippen LogP contribution in [0.1, 0.15) is 74.2 Å². The molecule has 11 nitrogen and oxygen atoms in total. The third kappa shape index (κ3) is 7.70. The van der Waals surface area contributed by atoms with Crippen LogP contribution in [-0.2, 0) is 30.8 Å². The van der Waals surface area contributed by atoms with Gasteiger partial charge in [-0.3, -0.25) is 19.4 Å². The van der Waals surface area contributed by atoms with Crippen LogP contribution in [0.25, 0.3) is 11.1 Å². The molecule has 47 heavy (non-hydrogen) atoms. The van der Waals surface area contributed by atoms with Gasteiger partial charge < -0.3 is 15.3 Å². The van der Waals surface area contributed by atoms with Crippen LogP contribution in [0.4, 0.5) is 0 Å². The van der Waals surface area contributed by atoms with Crippen molar-refractivity contribution in [3.8, 4) is 11.1 Å². The molecule has 0 spiro atoms. The van der Waals surface area contributed by atoms with Gasteiger partial charge in [0.15, 0.2) is 0 Å². The van der Waals surface area contributed by atoms with Crippen LogP contribution in [0, 0.1) is 11.8 Å². The molecule has 1 aliphatic carbocycles. The Hall–Kier alpha value is -4.58. The fourth-order valence-corrected chi connectivity index (χ4v) is 7.81. The smallest absolute Gasteiger partial charge is 0.350 e. The van der Waals surface area contributed by atoms with Crippen molar-refractivity contribution in [2.24, 2.45) is 11.8 Å². The lowest BCUT2D eigenvalue weighted by atomic mass is 9.96. The number of hydrogen-bond acceptors (Lipinski definition) is 7. The van der Waals surface area contributed by atoms with Gasteiger partial charge in [-0.25, -0.2) is 17.9 Å². The number of benzene rings is 2. The third-order valence-corrected chi connectivity index (χ3v) is 10.6. The van der Waals surface area contributed by atoms with E-state index in [-0.39, 0.29) is 36.3 Å². The number of hydrogen-bond donors (Lipinski definition) is 3. The molecule has 12 heteroatoms.